The van der Waals surface area contributed by atoms with Crippen LogP contribution >= 0.6 is 0 Å². The second-order valence-electron chi connectivity index (χ2n) is 8.72. The zero-order chi connectivity index (χ0) is 20.3. The van der Waals surface area contributed by atoms with Gasteiger partial charge < -0.3 is 19.4 Å². The SMILES string of the molecule is CC(C)(C)OC(=O)NCCC=Cc1ccc(B2OC(C)(C)C(C)(C)O2)cn1. The van der Waals surface area contributed by atoms with E-state index in [9.17, 15) is 4.79 Å². The number of alkyl carbamates (subject to hydrolysis) is 1. The molecule has 0 unspecified atom stereocenters. The van der Waals surface area contributed by atoms with Gasteiger partial charge in [0.25, 0.3) is 0 Å². The molecule has 0 atom stereocenters. The van der Waals surface area contributed by atoms with Crippen molar-refractivity contribution in [3.05, 3.63) is 30.1 Å². The number of pyridine rings is 1. The molecule has 1 fully saturated rings. The topological polar surface area (TPSA) is 69.7 Å². The first-order chi connectivity index (χ1) is 12.4. The fourth-order valence-corrected chi connectivity index (χ4v) is 2.41. The molecule has 7 heteroatoms. The third-order valence-corrected chi connectivity index (χ3v) is 4.60. The highest BCUT2D eigenvalue weighted by molar-refractivity contribution is 6.62. The Kier molecular flexibility index (Phi) is 6.37. The van der Waals surface area contributed by atoms with Crippen LogP contribution in [0.4, 0.5) is 4.79 Å². The average Bonchev–Trinajstić information content (AvgIpc) is 2.74. The van der Waals surface area contributed by atoms with Crippen LogP contribution in [0, 0.1) is 0 Å². The first-order valence-electron chi connectivity index (χ1n) is 9.35. The summed E-state index contributed by atoms with van der Waals surface area (Å²) < 4.78 is 17.2. The molecule has 1 aliphatic heterocycles. The number of aromatic nitrogens is 1. The van der Waals surface area contributed by atoms with Crippen molar-refractivity contribution >= 4 is 24.8 Å². The van der Waals surface area contributed by atoms with Crippen molar-refractivity contribution < 1.29 is 18.8 Å². The van der Waals surface area contributed by atoms with Gasteiger partial charge in [0.2, 0.25) is 0 Å². The molecule has 1 saturated heterocycles. The van der Waals surface area contributed by atoms with Crippen molar-refractivity contribution in [2.45, 2.75) is 71.7 Å². The summed E-state index contributed by atoms with van der Waals surface area (Å²) in [5.41, 5.74) is 0.530. The molecular weight excluding hydrogens is 343 g/mol. The van der Waals surface area contributed by atoms with E-state index in [1.54, 1.807) is 6.20 Å². The molecule has 1 aromatic rings. The maximum Gasteiger partial charge on any atom is 0.496 e. The lowest BCUT2D eigenvalue weighted by molar-refractivity contribution is 0.00578. The van der Waals surface area contributed by atoms with Gasteiger partial charge in [0.1, 0.15) is 5.60 Å². The standard InChI is InChI=1S/C20H31BN2O4/c1-18(2,3)25-17(24)22-13-9-8-10-16-12-11-15(14-23-16)21-26-19(4,5)20(6,7)27-21/h8,10-12,14H,9,13H2,1-7H3,(H,22,24). The lowest BCUT2D eigenvalue weighted by Crippen LogP contribution is -2.41. The van der Waals surface area contributed by atoms with Crippen LogP contribution < -0.4 is 10.8 Å². The van der Waals surface area contributed by atoms with Gasteiger partial charge in [-0.2, -0.15) is 0 Å². The minimum absolute atomic E-state index is 0.364. The number of hydrogen-bond acceptors (Lipinski definition) is 5. The Morgan fingerprint density at radius 3 is 2.37 bits per heavy atom. The lowest BCUT2D eigenvalue weighted by atomic mass is 9.80. The Bertz CT molecular complexity index is 662. The summed E-state index contributed by atoms with van der Waals surface area (Å²) in [5.74, 6) is 0. The minimum Gasteiger partial charge on any atom is -0.444 e. The van der Waals surface area contributed by atoms with Crippen molar-refractivity contribution in [3.63, 3.8) is 0 Å². The maximum absolute atomic E-state index is 11.6. The number of ether oxygens (including phenoxy) is 1. The van der Waals surface area contributed by atoms with Gasteiger partial charge in [0, 0.05) is 18.2 Å². The molecule has 0 spiro atoms. The fraction of sp³-hybridized carbons (Fsp3) is 0.600. The summed E-state index contributed by atoms with van der Waals surface area (Å²) >= 11 is 0. The quantitative estimate of drug-likeness (QED) is 0.633. The molecule has 148 valence electrons. The molecule has 0 radical (unpaired) electrons. The van der Waals surface area contributed by atoms with Crippen LogP contribution in [-0.4, -0.2) is 41.5 Å². The Balaban J connectivity index is 1.81. The van der Waals surface area contributed by atoms with Crippen molar-refractivity contribution in [2.24, 2.45) is 0 Å². The van der Waals surface area contributed by atoms with Gasteiger partial charge in [0.15, 0.2) is 0 Å². The number of rotatable bonds is 5. The second kappa shape index (κ2) is 8.03. The summed E-state index contributed by atoms with van der Waals surface area (Å²) in [6, 6.07) is 3.89. The molecular formula is C20H31BN2O4. The van der Waals surface area contributed by atoms with Crippen LogP contribution in [0.5, 0.6) is 0 Å². The van der Waals surface area contributed by atoms with Crippen molar-refractivity contribution in [1.82, 2.24) is 10.3 Å². The largest absolute Gasteiger partial charge is 0.496 e. The van der Waals surface area contributed by atoms with Gasteiger partial charge >= 0.3 is 13.2 Å². The normalized spacial score (nSPS) is 18.7. The number of nitrogens with zero attached hydrogens (tertiary/aromatic N) is 1. The summed E-state index contributed by atoms with van der Waals surface area (Å²) in [6.07, 6.45) is 5.96. The minimum atomic E-state index is -0.483. The van der Waals surface area contributed by atoms with Crippen LogP contribution in [0.1, 0.15) is 60.6 Å². The molecule has 0 saturated carbocycles. The zero-order valence-corrected chi connectivity index (χ0v) is 17.5. The summed E-state index contributed by atoms with van der Waals surface area (Å²) in [6.45, 7) is 14.1. The molecule has 0 aromatic carbocycles. The van der Waals surface area contributed by atoms with Gasteiger partial charge in [-0.3, -0.25) is 4.98 Å². The first-order valence-corrected chi connectivity index (χ1v) is 9.35. The van der Waals surface area contributed by atoms with Crippen LogP contribution in [0.25, 0.3) is 6.08 Å². The van der Waals surface area contributed by atoms with E-state index in [1.165, 1.54) is 0 Å². The smallest absolute Gasteiger partial charge is 0.444 e. The molecule has 0 bridgehead atoms. The predicted octanol–water partition coefficient (Wildman–Crippen LogP) is 3.31. The monoisotopic (exact) mass is 374 g/mol. The number of carbonyl (C=O) groups is 1. The van der Waals surface area contributed by atoms with E-state index in [0.29, 0.717) is 13.0 Å². The number of hydrogen-bond donors (Lipinski definition) is 1. The second-order valence-corrected chi connectivity index (χ2v) is 8.72. The third kappa shape index (κ3) is 6.08. The van der Waals surface area contributed by atoms with E-state index in [-0.39, 0.29) is 11.2 Å². The lowest BCUT2D eigenvalue weighted by Gasteiger charge is -2.32. The Morgan fingerprint density at radius 1 is 1.22 bits per heavy atom. The van der Waals surface area contributed by atoms with Crippen LogP contribution in [-0.2, 0) is 14.0 Å². The van der Waals surface area contributed by atoms with E-state index in [1.807, 2.05) is 72.8 Å². The highest BCUT2D eigenvalue weighted by atomic mass is 16.7. The van der Waals surface area contributed by atoms with E-state index < -0.39 is 18.8 Å². The van der Waals surface area contributed by atoms with Crippen LogP contribution in [0.2, 0.25) is 0 Å². The Hall–Kier alpha value is -1.86. The Labute approximate surface area is 162 Å². The molecule has 0 aliphatic carbocycles. The van der Waals surface area contributed by atoms with Crippen molar-refractivity contribution in [2.75, 3.05) is 6.54 Å². The molecule has 2 heterocycles. The van der Waals surface area contributed by atoms with Gasteiger partial charge in [-0.15, -0.1) is 0 Å². The van der Waals surface area contributed by atoms with Crippen LogP contribution in [0.15, 0.2) is 24.4 Å². The summed E-state index contributed by atoms with van der Waals surface area (Å²) in [5, 5.41) is 2.72. The Morgan fingerprint density at radius 2 is 1.85 bits per heavy atom. The molecule has 1 aromatic heterocycles. The first kappa shape index (κ1) is 21.4. The van der Waals surface area contributed by atoms with Gasteiger partial charge in [0.05, 0.1) is 16.9 Å². The third-order valence-electron chi connectivity index (χ3n) is 4.60. The fourth-order valence-electron chi connectivity index (χ4n) is 2.41. The number of amides is 1. The molecule has 6 nitrogen and oxygen atoms in total. The van der Waals surface area contributed by atoms with Gasteiger partial charge in [-0.05, 0) is 67.0 Å². The van der Waals surface area contributed by atoms with Crippen LogP contribution in [0.3, 0.4) is 0 Å². The molecule has 2 rings (SSSR count). The van der Waals surface area contributed by atoms with E-state index >= 15 is 0 Å². The highest BCUT2D eigenvalue weighted by Gasteiger charge is 2.51. The number of nitrogens with one attached hydrogen (secondary N) is 1. The van der Waals surface area contributed by atoms with Crippen molar-refractivity contribution in [3.8, 4) is 0 Å². The molecule has 1 aliphatic rings. The van der Waals surface area contributed by atoms with E-state index in [0.717, 1.165) is 11.2 Å². The molecule has 1 N–H and O–H groups in total. The van der Waals surface area contributed by atoms with Crippen molar-refractivity contribution in [1.29, 1.82) is 0 Å². The average molecular weight is 374 g/mol. The molecule has 1 amide bonds. The summed E-state index contributed by atoms with van der Waals surface area (Å²) in [4.78, 5) is 16.0. The number of carbonyl (C=O) groups excluding carboxylic acids is 1. The van der Waals surface area contributed by atoms with E-state index in [2.05, 4.69) is 10.3 Å². The highest BCUT2D eigenvalue weighted by Crippen LogP contribution is 2.36. The van der Waals surface area contributed by atoms with Gasteiger partial charge in [-0.1, -0.05) is 12.1 Å². The van der Waals surface area contributed by atoms with Gasteiger partial charge in [-0.25, -0.2) is 4.79 Å². The zero-order valence-electron chi connectivity index (χ0n) is 17.5. The maximum atomic E-state index is 11.6. The molecule has 27 heavy (non-hydrogen) atoms. The predicted molar refractivity (Wildman–Crippen MR) is 108 cm³/mol. The van der Waals surface area contributed by atoms with E-state index in [4.69, 9.17) is 14.0 Å². The summed E-state index contributed by atoms with van der Waals surface area (Å²) in [7, 11) is -0.404.